The molecule has 10 heteroatoms. The number of carbonyl (C=O) groups is 2. The van der Waals surface area contributed by atoms with Crippen molar-refractivity contribution >= 4 is 17.7 Å². The van der Waals surface area contributed by atoms with Gasteiger partial charge in [-0.05, 0) is 42.5 Å². The third kappa shape index (κ3) is 4.53. The second-order valence-corrected chi connectivity index (χ2v) is 8.06. The molecule has 0 bridgehead atoms. The lowest BCUT2D eigenvalue weighted by molar-refractivity contribution is -0.0140. The largest absolute Gasteiger partial charge is 0.436 e. The molecule has 2 amide bonds. The number of rotatable bonds is 4. The molecule has 9 nitrogen and oxygen atoms in total. The Bertz CT molecular complexity index is 1210. The van der Waals surface area contributed by atoms with Crippen molar-refractivity contribution in [2.24, 2.45) is 0 Å². The maximum Gasteiger partial charge on any atom is 0.415 e. The Balaban J connectivity index is 1.34. The summed E-state index contributed by atoms with van der Waals surface area (Å²) in [6.07, 6.45) is 2.51. The summed E-state index contributed by atoms with van der Waals surface area (Å²) in [5.74, 6) is -0.296. The van der Waals surface area contributed by atoms with Crippen LogP contribution in [0.1, 0.15) is 10.4 Å². The van der Waals surface area contributed by atoms with Gasteiger partial charge in [0, 0.05) is 24.5 Å². The van der Waals surface area contributed by atoms with Crippen LogP contribution in [0.15, 0.2) is 67.0 Å². The minimum Gasteiger partial charge on any atom is -0.436 e. The van der Waals surface area contributed by atoms with Crippen molar-refractivity contribution < 1.29 is 28.2 Å². The van der Waals surface area contributed by atoms with Crippen molar-refractivity contribution in [3.8, 4) is 11.8 Å². The van der Waals surface area contributed by atoms with Crippen LogP contribution in [0.5, 0.6) is 11.8 Å². The van der Waals surface area contributed by atoms with E-state index in [1.54, 1.807) is 53.7 Å². The van der Waals surface area contributed by atoms with E-state index in [1.807, 2.05) is 0 Å². The first kappa shape index (κ1) is 21.8. The fourth-order valence-electron chi connectivity index (χ4n) is 4.02. The Morgan fingerprint density at radius 1 is 1.06 bits per heavy atom. The van der Waals surface area contributed by atoms with E-state index < -0.39 is 17.5 Å². The normalized spacial score (nSPS) is 20.2. The predicted octanol–water partition coefficient (Wildman–Crippen LogP) is 3.28. The number of aromatic nitrogens is 2. The molecule has 1 spiro atoms. The summed E-state index contributed by atoms with van der Waals surface area (Å²) in [5, 5.41) is 0. The number of nitrogens with zero attached hydrogens (tertiary/aromatic N) is 4. The van der Waals surface area contributed by atoms with E-state index in [-0.39, 0.29) is 31.6 Å². The number of halogens is 1. The Morgan fingerprint density at radius 2 is 1.88 bits per heavy atom. The van der Waals surface area contributed by atoms with Gasteiger partial charge in [-0.3, -0.25) is 9.69 Å². The van der Waals surface area contributed by atoms with E-state index in [9.17, 15) is 14.0 Å². The van der Waals surface area contributed by atoms with Gasteiger partial charge in [-0.15, -0.1) is 0 Å². The molecular formula is C24H21FN4O5. The molecule has 1 aromatic heterocycles. The molecule has 2 saturated heterocycles. The van der Waals surface area contributed by atoms with Crippen LogP contribution in [0.3, 0.4) is 0 Å². The molecule has 3 aromatic rings. The maximum absolute atomic E-state index is 13.7. The summed E-state index contributed by atoms with van der Waals surface area (Å²) in [5.41, 5.74) is -0.282. The lowest BCUT2D eigenvalue weighted by Gasteiger charge is -2.29. The highest BCUT2D eigenvalue weighted by atomic mass is 19.1. The van der Waals surface area contributed by atoms with Crippen molar-refractivity contribution in [1.82, 2.24) is 14.9 Å². The van der Waals surface area contributed by atoms with E-state index in [2.05, 4.69) is 9.97 Å². The van der Waals surface area contributed by atoms with Gasteiger partial charge in [0.1, 0.15) is 11.6 Å². The van der Waals surface area contributed by atoms with Crippen LogP contribution in [0.25, 0.3) is 0 Å². The summed E-state index contributed by atoms with van der Waals surface area (Å²) >= 11 is 0. The monoisotopic (exact) mass is 464 g/mol. The molecule has 1 atom stereocenters. The average molecular weight is 464 g/mol. The highest BCUT2D eigenvalue weighted by Gasteiger charge is 2.49. The van der Waals surface area contributed by atoms with Crippen LogP contribution in [0.4, 0.5) is 14.9 Å². The van der Waals surface area contributed by atoms with Crippen molar-refractivity contribution in [2.75, 3.05) is 37.7 Å². The summed E-state index contributed by atoms with van der Waals surface area (Å²) < 4.78 is 30.7. The van der Waals surface area contributed by atoms with Gasteiger partial charge in [0.25, 0.3) is 5.91 Å². The first-order valence-corrected chi connectivity index (χ1v) is 10.7. The van der Waals surface area contributed by atoms with Gasteiger partial charge in [-0.25, -0.2) is 19.2 Å². The highest BCUT2D eigenvalue weighted by molar-refractivity contribution is 5.95. The molecule has 0 saturated carbocycles. The standard InChI is InChI=1S/C24H21FN4O5/c25-18-5-2-6-19(13-18)29-15-24(34-23(29)31)14-28(10-11-32-16-24)21(30)17-4-1-7-20(12-17)33-22-26-8-3-9-27-22/h1-9,12-13H,10-11,14-16H2/t24-/m1/s1. The smallest absolute Gasteiger partial charge is 0.415 e. The van der Waals surface area contributed by atoms with E-state index >= 15 is 0 Å². The third-order valence-corrected chi connectivity index (χ3v) is 5.56. The minimum atomic E-state index is -1.07. The van der Waals surface area contributed by atoms with Crippen LogP contribution in [-0.4, -0.2) is 65.3 Å². The molecule has 34 heavy (non-hydrogen) atoms. The molecule has 2 fully saturated rings. The number of hydrogen-bond donors (Lipinski definition) is 0. The SMILES string of the molecule is O=C(c1cccc(Oc2ncccn2)c1)N1CCOC[C@@]2(C1)CN(c1cccc(F)c1)C(=O)O2. The third-order valence-electron chi connectivity index (χ3n) is 5.56. The first-order valence-electron chi connectivity index (χ1n) is 10.7. The number of hydrogen-bond acceptors (Lipinski definition) is 7. The van der Waals surface area contributed by atoms with Gasteiger partial charge in [0.05, 0.1) is 32.0 Å². The van der Waals surface area contributed by atoms with Crippen LogP contribution >= 0.6 is 0 Å². The Morgan fingerprint density at radius 3 is 2.71 bits per heavy atom. The molecule has 2 aromatic carbocycles. The van der Waals surface area contributed by atoms with Gasteiger partial charge in [0.2, 0.25) is 0 Å². The first-order chi connectivity index (χ1) is 16.5. The Kier molecular flexibility index (Phi) is 5.81. The number of ether oxygens (including phenoxy) is 3. The molecule has 5 rings (SSSR count). The molecule has 174 valence electrons. The van der Waals surface area contributed by atoms with Crippen LogP contribution in [0, 0.1) is 5.82 Å². The van der Waals surface area contributed by atoms with Crippen LogP contribution in [-0.2, 0) is 9.47 Å². The highest BCUT2D eigenvalue weighted by Crippen LogP contribution is 2.31. The number of amides is 2. The fourth-order valence-corrected chi connectivity index (χ4v) is 4.02. The van der Waals surface area contributed by atoms with Gasteiger partial charge in [-0.2, -0.15) is 0 Å². The summed E-state index contributed by atoms with van der Waals surface area (Å²) in [7, 11) is 0. The molecule has 0 aliphatic carbocycles. The minimum absolute atomic E-state index is 0.128. The summed E-state index contributed by atoms with van der Waals surface area (Å²) in [4.78, 5) is 37.0. The maximum atomic E-state index is 13.7. The zero-order valence-electron chi connectivity index (χ0n) is 18.1. The zero-order chi connectivity index (χ0) is 23.5. The van der Waals surface area contributed by atoms with Gasteiger partial charge in [0.15, 0.2) is 5.60 Å². The van der Waals surface area contributed by atoms with Crippen LogP contribution < -0.4 is 9.64 Å². The van der Waals surface area contributed by atoms with Gasteiger partial charge >= 0.3 is 12.1 Å². The quantitative estimate of drug-likeness (QED) is 0.585. The summed E-state index contributed by atoms with van der Waals surface area (Å²) in [6.45, 7) is 1.01. The van der Waals surface area contributed by atoms with Crippen molar-refractivity contribution in [1.29, 1.82) is 0 Å². The van der Waals surface area contributed by atoms with E-state index in [0.29, 0.717) is 30.2 Å². The lowest BCUT2D eigenvalue weighted by atomic mass is 10.0. The molecule has 2 aliphatic rings. The average Bonchev–Trinajstić information content (AvgIpc) is 3.03. The van der Waals surface area contributed by atoms with E-state index in [4.69, 9.17) is 14.2 Å². The molecule has 0 unspecified atom stereocenters. The summed E-state index contributed by atoms with van der Waals surface area (Å²) in [6, 6.07) is 14.3. The van der Waals surface area contributed by atoms with E-state index in [1.165, 1.54) is 23.1 Å². The Hall–Kier alpha value is -4.05. The number of benzene rings is 2. The van der Waals surface area contributed by atoms with Gasteiger partial charge < -0.3 is 19.1 Å². The van der Waals surface area contributed by atoms with Crippen molar-refractivity contribution in [2.45, 2.75) is 5.60 Å². The van der Waals surface area contributed by atoms with Crippen LogP contribution in [0.2, 0.25) is 0 Å². The zero-order valence-corrected chi connectivity index (χ0v) is 18.1. The second-order valence-electron chi connectivity index (χ2n) is 8.06. The Labute approximate surface area is 194 Å². The lowest BCUT2D eigenvalue weighted by Crippen LogP contribution is -2.49. The van der Waals surface area contributed by atoms with Gasteiger partial charge in [-0.1, -0.05) is 12.1 Å². The fraction of sp³-hybridized carbons (Fsp3) is 0.250. The van der Waals surface area contributed by atoms with Crippen molar-refractivity contribution in [3.63, 3.8) is 0 Å². The van der Waals surface area contributed by atoms with E-state index in [0.717, 1.165) is 0 Å². The molecule has 0 N–H and O–H groups in total. The second kappa shape index (κ2) is 9.06. The molecule has 3 heterocycles. The number of carbonyl (C=O) groups excluding carboxylic acids is 2. The predicted molar refractivity (Wildman–Crippen MR) is 118 cm³/mol. The molecule has 2 aliphatic heterocycles. The molecular weight excluding hydrogens is 443 g/mol. The number of anilines is 1. The molecule has 0 radical (unpaired) electrons. The van der Waals surface area contributed by atoms with Crippen molar-refractivity contribution in [3.05, 3.63) is 78.4 Å². The topological polar surface area (TPSA) is 94.1 Å².